The molecule has 78 valence electrons. The third kappa shape index (κ3) is 4.66. The van der Waals surface area contributed by atoms with Gasteiger partial charge in [-0.15, -0.1) is 0 Å². The third-order valence-electron chi connectivity index (χ3n) is 1.89. The molecule has 0 atom stereocenters. The number of amides is 1. The van der Waals surface area contributed by atoms with Crippen LogP contribution in [-0.4, -0.2) is 62.9 Å². The van der Waals surface area contributed by atoms with E-state index in [1.165, 1.54) is 0 Å². The van der Waals surface area contributed by atoms with Crippen LogP contribution in [0.25, 0.3) is 0 Å². The summed E-state index contributed by atoms with van der Waals surface area (Å²) in [5.74, 6) is 0. The van der Waals surface area contributed by atoms with Gasteiger partial charge in [0.2, 0.25) is 0 Å². The van der Waals surface area contributed by atoms with Gasteiger partial charge in [-0.1, -0.05) is 0 Å². The Morgan fingerprint density at radius 1 is 1.46 bits per heavy atom. The molecule has 1 aliphatic rings. The second-order valence-corrected chi connectivity index (χ2v) is 4.12. The van der Waals surface area contributed by atoms with Crippen LogP contribution >= 0.6 is 0 Å². The smallest absolute Gasteiger partial charge is 0.410 e. The lowest BCUT2D eigenvalue weighted by Crippen LogP contribution is -3.00. The molecule has 0 aliphatic carbocycles. The Labute approximate surface area is 96.4 Å². The Bertz CT molecular complexity index is 179. The van der Waals surface area contributed by atoms with E-state index in [4.69, 9.17) is 4.74 Å². The molecule has 0 N–H and O–H groups in total. The zero-order valence-electron chi connectivity index (χ0n) is 8.42. The van der Waals surface area contributed by atoms with Gasteiger partial charge in [0.1, 0.15) is 6.61 Å². The number of hydrogen-bond acceptors (Lipinski definition) is 2. The van der Waals surface area contributed by atoms with Crippen LogP contribution in [0.2, 0.25) is 0 Å². The number of carbonyl (C=O) groups excluding carboxylic acids is 1. The molecule has 1 saturated heterocycles. The van der Waals surface area contributed by atoms with E-state index in [1.807, 2.05) is 0 Å². The van der Waals surface area contributed by atoms with Crippen LogP contribution in [0.5, 0.6) is 0 Å². The summed E-state index contributed by atoms with van der Waals surface area (Å²) in [6.07, 6.45) is -0.163. The quantitative estimate of drug-likeness (QED) is 0.415. The van der Waals surface area contributed by atoms with E-state index in [1.54, 1.807) is 4.90 Å². The van der Waals surface area contributed by atoms with Gasteiger partial charge in [-0.2, -0.15) is 0 Å². The second-order valence-electron chi connectivity index (χ2n) is 4.12. The van der Waals surface area contributed by atoms with Crippen molar-refractivity contribution >= 4 is 6.09 Å². The van der Waals surface area contributed by atoms with Crippen LogP contribution < -0.4 is 24.0 Å². The van der Waals surface area contributed by atoms with Gasteiger partial charge in [0.05, 0.1) is 40.8 Å². The largest absolute Gasteiger partial charge is 1.00 e. The minimum absolute atomic E-state index is 0. The molecule has 13 heavy (non-hydrogen) atoms. The SMILES string of the molecule is C[N+](C)(C)CCN1CCOC1=O.[I-]. The van der Waals surface area contributed by atoms with Crippen LogP contribution in [0.1, 0.15) is 0 Å². The lowest BCUT2D eigenvalue weighted by atomic mass is 10.4. The highest BCUT2D eigenvalue weighted by Crippen LogP contribution is 2.03. The van der Waals surface area contributed by atoms with E-state index in [-0.39, 0.29) is 30.1 Å². The van der Waals surface area contributed by atoms with Crippen molar-refractivity contribution in [2.24, 2.45) is 0 Å². The number of halogens is 1. The third-order valence-corrected chi connectivity index (χ3v) is 1.89. The molecule has 0 saturated carbocycles. The van der Waals surface area contributed by atoms with Crippen molar-refractivity contribution in [1.29, 1.82) is 0 Å². The molecule has 1 heterocycles. The molecule has 5 heteroatoms. The summed E-state index contributed by atoms with van der Waals surface area (Å²) in [5, 5.41) is 0. The number of likely N-dealkylation sites (N-methyl/N-ethyl adjacent to an activating group) is 1. The Hall–Kier alpha value is -0.0400. The average molecular weight is 300 g/mol. The van der Waals surface area contributed by atoms with Crippen molar-refractivity contribution < 1.29 is 38.0 Å². The highest BCUT2D eigenvalue weighted by Gasteiger charge is 2.23. The number of ether oxygens (including phenoxy) is 1. The van der Waals surface area contributed by atoms with E-state index in [0.717, 1.165) is 24.1 Å². The van der Waals surface area contributed by atoms with Crippen molar-refractivity contribution in [3.63, 3.8) is 0 Å². The fourth-order valence-electron chi connectivity index (χ4n) is 1.05. The molecule has 1 aliphatic heterocycles. The lowest BCUT2D eigenvalue weighted by Gasteiger charge is -2.25. The Morgan fingerprint density at radius 3 is 2.46 bits per heavy atom. The summed E-state index contributed by atoms with van der Waals surface area (Å²) < 4.78 is 5.69. The predicted octanol–water partition coefficient (Wildman–Crippen LogP) is -2.85. The summed E-state index contributed by atoms with van der Waals surface area (Å²) in [5.41, 5.74) is 0. The van der Waals surface area contributed by atoms with Crippen molar-refractivity contribution in [1.82, 2.24) is 4.90 Å². The monoisotopic (exact) mass is 300 g/mol. The zero-order chi connectivity index (χ0) is 9.19. The molecule has 1 fully saturated rings. The van der Waals surface area contributed by atoms with Gasteiger partial charge in [0, 0.05) is 0 Å². The van der Waals surface area contributed by atoms with Gasteiger partial charge in [0.25, 0.3) is 0 Å². The normalized spacial score (nSPS) is 16.8. The maximum atomic E-state index is 11.0. The zero-order valence-corrected chi connectivity index (χ0v) is 10.6. The van der Waals surface area contributed by atoms with Gasteiger partial charge in [-0.25, -0.2) is 4.79 Å². The van der Waals surface area contributed by atoms with Crippen LogP contribution in [-0.2, 0) is 4.74 Å². The van der Waals surface area contributed by atoms with Crippen molar-refractivity contribution in [3.05, 3.63) is 0 Å². The molecule has 0 aromatic heterocycles. The van der Waals surface area contributed by atoms with Crippen molar-refractivity contribution in [3.8, 4) is 0 Å². The van der Waals surface area contributed by atoms with E-state index < -0.39 is 0 Å². The van der Waals surface area contributed by atoms with E-state index in [9.17, 15) is 4.79 Å². The summed E-state index contributed by atoms with van der Waals surface area (Å²) in [6.45, 7) is 3.06. The van der Waals surface area contributed by atoms with E-state index >= 15 is 0 Å². The topological polar surface area (TPSA) is 29.5 Å². The van der Waals surface area contributed by atoms with E-state index in [0.29, 0.717) is 6.61 Å². The first kappa shape index (κ1) is 13.0. The number of quaternary nitrogens is 1. The van der Waals surface area contributed by atoms with Crippen LogP contribution in [0.4, 0.5) is 4.79 Å². The van der Waals surface area contributed by atoms with Crippen molar-refractivity contribution in [2.45, 2.75) is 0 Å². The fourth-order valence-corrected chi connectivity index (χ4v) is 1.05. The number of nitrogens with zero attached hydrogens (tertiary/aromatic N) is 2. The van der Waals surface area contributed by atoms with Crippen LogP contribution in [0.3, 0.4) is 0 Å². The molecule has 1 amide bonds. The highest BCUT2D eigenvalue weighted by atomic mass is 127. The Morgan fingerprint density at radius 2 is 2.08 bits per heavy atom. The summed E-state index contributed by atoms with van der Waals surface area (Å²) in [7, 11) is 6.34. The first-order valence-corrected chi connectivity index (χ1v) is 4.21. The van der Waals surface area contributed by atoms with Gasteiger partial charge in [-0.05, 0) is 0 Å². The van der Waals surface area contributed by atoms with E-state index in [2.05, 4.69) is 21.1 Å². The Balaban J connectivity index is 0.00000144. The van der Waals surface area contributed by atoms with Gasteiger partial charge in [0.15, 0.2) is 0 Å². The summed E-state index contributed by atoms with van der Waals surface area (Å²) in [6, 6.07) is 0. The van der Waals surface area contributed by atoms with Crippen LogP contribution in [0, 0.1) is 0 Å². The summed E-state index contributed by atoms with van der Waals surface area (Å²) >= 11 is 0. The van der Waals surface area contributed by atoms with Crippen molar-refractivity contribution in [2.75, 3.05) is 47.4 Å². The van der Waals surface area contributed by atoms with Gasteiger partial charge in [-0.3, -0.25) is 4.90 Å². The number of hydrogen-bond donors (Lipinski definition) is 0. The molecule has 4 nitrogen and oxygen atoms in total. The van der Waals surface area contributed by atoms with Gasteiger partial charge < -0.3 is 33.2 Å². The molecular formula is C8H17IN2O2. The number of rotatable bonds is 3. The standard InChI is InChI=1S/C8H17N2O2.HI/c1-10(2,3)6-4-9-5-7-12-8(9)11;/h4-7H2,1-3H3;1H/q+1;/p-1. The molecule has 0 unspecified atom stereocenters. The lowest BCUT2D eigenvalue weighted by molar-refractivity contribution is -0.869. The minimum Gasteiger partial charge on any atom is -1.00 e. The molecule has 0 aromatic rings. The molecule has 0 spiro atoms. The number of cyclic esters (lactones) is 1. The molecule has 1 rings (SSSR count). The first-order valence-electron chi connectivity index (χ1n) is 4.21. The second kappa shape index (κ2) is 4.99. The number of carbonyl (C=O) groups is 1. The highest BCUT2D eigenvalue weighted by molar-refractivity contribution is 5.69. The molecular weight excluding hydrogens is 283 g/mol. The average Bonchev–Trinajstić information content (AvgIpc) is 2.29. The maximum absolute atomic E-state index is 11.0. The Kier molecular flexibility index (Phi) is 4.98. The fraction of sp³-hybridized carbons (Fsp3) is 0.875. The first-order chi connectivity index (χ1) is 5.49. The molecule has 0 radical (unpaired) electrons. The maximum Gasteiger partial charge on any atom is 0.410 e. The molecule has 0 bridgehead atoms. The van der Waals surface area contributed by atoms with Gasteiger partial charge >= 0.3 is 6.09 Å². The van der Waals surface area contributed by atoms with Crippen LogP contribution in [0.15, 0.2) is 0 Å². The summed E-state index contributed by atoms with van der Waals surface area (Å²) in [4.78, 5) is 12.7. The minimum atomic E-state index is -0.163. The predicted molar refractivity (Wildman–Crippen MR) is 45.8 cm³/mol. The molecule has 0 aromatic carbocycles.